The zero-order chi connectivity index (χ0) is 18.4. The number of halogens is 1. The number of amides is 1. The van der Waals surface area contributed by atoms with E-state index in [0.717, 1.165) is 5.56 Å². The van der Waals surface area contributed by atoms with E-state index in [0.29, 0.717) is 22.2 Å². The maximum absolute atomic E-state index is 13.0. The fraction of sp³-hybridized carbons (Fsp3) is 0.105. The van der Waals surface area contributed by atoms with Crippen molar-refractivity contribution in [3.8, 4) is 17.0 Å². The molecule has 0 spiro atoms. The molecule has 0 fully saturated rings. The molecule has 1 heterocycles. The predicted molar refractivity (Wildman–Crippen MR) is 99.8 cm³/mol. The number of nitrogens with one attached hydrogen (secondary N) is 1. The van der Waals surface area contributed by atoms with Crippen molar-refractivity contribution in [1.29, 1.82) is 0 Å². The van der Waals surface area contributed by atoms with Crippen LogP contribution in [0.2, 0.25) is 0 Å². The molecule has 7 heteroatoms. The van der Waals surface area contributed by atoms with Gasteiger partial charge in [-0.2, -0.15) is 0 Å². The normalized spacial score (nSPS) is 10.4. The summed E-state index contributed by atoms with van der Waals surface area (Å²) in [6.07, 6.45) is 0. The maximum atomic E-state index is 13.0. The Labute approximate surface area is 154 Å². The van der Waals surface area contributed by atoms with Crippen molar-refractivity contribution < 1.29 is 13.9 Å². The number of rotatable bonds is 6. The fourth-order valence-electron chi connectivity index (χ4n) is 2.21. The highest BCUT2D eigenvalue weighted by Crippen LogP contribution is 2.21. The third-order valence-electron chi connectivity index (χ3n) is 3.48. The monoisotopic (exact) mass is 369 g/mol. The molecule has 5 nitrogen and oxygen atoms in total. The quantitative estimate of drug-likeness (QED) is 0.665. The summed E-state index contributed by atoms with van der Waals surface area (Å²) in [6.45, 7) is 0. The van der Waals surface area contributed by atoms with Gasteiger partial charge in [-0.3, -0.25) is 4.79 Å². The average molecular weight is 369 g/mol. The largest absolute Gasteiger partial charge is 0.497 e. The molecule has 3 rings (SSSR count). The second-order valence-corrected chi connectivity index (χ2v) is 6.33. The van der Waals surface area contributed by atoms with Crippen LogP contribution in [-0.2, 0) is 4.79 Å². The summed E-state index contributed by atoms with van der Waals surface area (Å²) in [7, 11) is 1.57. The maximum Gasteiger partial charge on any atom is 0.234 e. The number of carbonyl (C=O) groups is 1. The number of anilines is 1. The van der Waals surface area contributed by atoms with Crippen molar-refractivity contribution in [2.75, 3.05) is 18.2 Å². The second kappa shape index (κ2) is 8.44. The molecule has 0 aliphatic heterocycles. The van der Waals surface area contributed by atoms with Gasteiger partial charge in [-0.25, -0.2) is 4.39 Å². The van der Waals surface area contributed by atoms with Crippen molar-refractivity contribution in [2.45, 2.75) is 5.03 Å². The highest BCUT2D eigenvalue weighted by molar-refractivity contribution is 7.99. The lowest BCUT2D eigenvalue weighted by Crippen LogP contribution is -2.14. The first-order valence-corrected chi connectivity index (χ1v) is 8.79. The molecule has 1 N–H and O–H groups in total. The number of aromatic nitrogens is 2. The third kappa shape index (κ3) is 4.80. The molecule has 0 saturated heterocycles. The highest BCUT2D eigenvalue weighted by atomic mass is 32.2. The number of carbonyl (C=O) groups excluding carboxylic acids is 1. The zero-order valence-corrected chi connectivity index (χ0v) is 14.8. The lowest BCUT2D eigenvalue weighted by Gasteiger charge is -2.07. The first kappa shape index (κ1) is 17.9. The van der Waals surface area contributed by atoms with Crippen molar-refractivity contribution in [2.24, 2.45) is 0 Å². The molecule has 0 atom stereocenters. The van der Waals surface area contributed by atoms with Gasteiger partial charge in [-0.15, -0.1) is 10.2 Å². The van der Waals surface area contributed by atoms with Gasteiger partial charge in [0.05, 0.1) is 18.6 Å². The van der Waals surface area contributed by atoms with Crippen LogP contribution in [0, 0.1) is 5.82 Å². The SMILES string of the molecule is COc1cccc(NC(=O)CSc2ccc(-c3ccc(F)cc3)nn2)c1. The van der Waals surface area contributed by atoms with Crippen LogP contribution >= 0.6 is 11.8 Å². The Kier molecular flexibility index (Phi) is 5.80. The van der Waals surface area contributed by atoms with E-state index in [1.54, 1.807) is 49.6 Å². The van der Waals surface area contributed by atoms with Crippen LogP contribution in [0.4, 0.5) is 10.1 Å². The van der Waals surface area contributed by atoms with Crippen LogP contribution in [0.3, 0.4) is 0 Å². The molecule has 0 bridgehead atoms. The summed E-state index contributed by atoms with van der Waals surface area (Å²) >= 11 is 1.29. The van der Waals surface area contributed by atoms with Crippen LogP contribution < -0.4 is 10.1 Å². The molecule has 2 aromatic carbocycles. The van der Waals surface area contributed by atoms with E-state index in [1.165, 1.54) is 23.9 Å². The highest BCUT2D eigenvalue weighted by Gasteiger charge is 2.07. The topological polar surface area (TPSA) is 64.1 Å². The Hall–Kier alpha value is -2.93. The Morgan fingerprint density at radius 2 is 1.92 bits per heavy atom. The van der Waals surface area contributed by atoms with E-state index in [9.17, 15) is 9.18 Å². The zero-order valence-electron chi connectivity index (χ0n) is 14.0. The van der Waals surface area contributed by atoms with Crippen molar-refractivity contribution in [1.82, 2.24) is 10.2 Å². The Morgan fingerprint density at radius 3 is 2.62 bits per heavy atom. The summed E-state index contributed by atoms with van der Waals surface area (Å²) in [6, 6.07) is 16.8. The van der Waals surface area contributed by atoms with Gasteiger partial charge in [0.1, 0.15) is 16.6 Å². The number of nitrogens with zero attached hydrogens (tertiary/aromatic N) is 2. The molecule has 0 unspecified atom stereocenters. The van der Waals surface area contributed by atoms with Gasteiger partial charge in [0.2, 0.25) is 5.91 Å². The summed E-state index contributed by atoms with van der Waals surface area (Å²) in [5.41, 5.74) is 2.11. The lowest BCUT2D eigenvalue weighted by atomic mass is 10.1. The first-order valence-electron chi connectivity index (χ1n) is 7.80. The molecule has 1 amide bonds. The molecule has 3 aromatic rings. The van der Waals surface area contributed by atoms with Crippen molar-refractivity contribution >= 4 is 23.4 Å². The van der Waals surface area contributed by atoms with Gasteiger partial charge in [0.25, 0.3) is 0 Å². The van der Waals surface area contributed by atoms with Crippen LogP contribution in [-0.4, -0.2) is 29.0 Å². The van der Waals surface area contributed by atoms with E-state index < -0.39 is 0 Å². The van der Waals surface area contributed by atoms with E-state index in [4.69, 9.17) is 4.74 Å². The summed E-state index contributed by atoms with van der Waals surface area (Å²) in [5.74, 6) is 0.447. The van der Waals surface area contributed by atoms with Gasteiger partial charge in [0, 0.05) is 17.3 Å². The van der Waals surface area contributed by atoms with Gasteiger partial charge >= 0.3 is 0 Å². The standard InChI is InChI=1S/C19H16FN3O2S/c1-25-16-4-2-3-15(11-16)21-18(24)12-26-19-10-9-17(22-23-19)13-5-7-14(20)8-6-13/h2-11H,12H2,1H3,(H,21,24). The number of hydrogen-bond donors (Lipinski definition) is 1. The molecule has 0 aliphatic rings. The van der Waals surface area contributed by atoms with E-state index in [1.807, 2.05) is 6.07 Å². The Bertz CT molecular complexity index is 886. The van der Waals surface area contributed by atoms with Gasteiger partial charge in [-0.05, 0) is 48.5 Å². The molecule has 132 valence electrons. The van der Waals surface area contributed by atoms with E-state index >= 15 is 0 Å². The fourth-order valence-corrected chi connectivity index (χ4v) is 2.82. The summed E-state index contributed by atoms with van der Waals surface area (Å²) in [5, 5.41) is 11.7. The minimum atomic E-state index is -0.295. The van der Waals surface area contributed by atoms with Gasteiger partial charge in [-0.1, -0.05) is 17.8 Å². The number of thioether (sulfide) groups is 1. The van der Waals surface area contributed by atoms with Crippen LogP contribution in [0.5, 0.6) is 5.75 Å². The van der Waals surface area contributed by atoms with Crippen LogP contribution in [0.25, 0.3) is 11.3 Å². The Balaban J connectivity index is 1.55. The average Bonchev–Trinajstić information content (AvgIpc) is 2.67. The van der Waals surface area contributed by atoms with Gasteiger partial charge < -0.3 is 10.1 Å². The number of hydrogen-bond acceptors (Lipinski definition) is 5. The van der Waals surface area contributed by atoms with E-state index in [2.05, 4.69) is 15.5 Å². The smallest absolute Gasteiger partial charge is 0.234 e. The first-order chi connectivity index (χ1) is 12.6. The Morgan fingerprint density at radius 1 is 1.12 bits per heavy atom. The number of benzene rings is 2. The molecular weight excluding hydrogens is 353 g/mol. The lowest BCUT2D eigenvalue weighted by molar-refractivity contribution is -0.113. The third-order valence-corrected chi connectivity index (χ3v) is 4.40. The van der Waals surface area contributed by atoms with Crippen molar-refractivity contribution in [3.05, 3.63) is 66.5 Å². The second-order valence-electron chi connectivity index (χ2n) is 5.33. The predicted octanol–water partition coefficient (Wildman–Crippen LogP) is 4.02. The molecular formula is C19H16FN3O2S. The van der Waals surface area contributed by atoms with Crippen LogP contribution in [0.15, 0.2) is 65.7 Å². The number of ether oxygens (including phenoxy) is 1. The molecule has 0 radical (unpaired) electrons. The van der Waals surface area contributed by atoms with Crippen molar-refractivity contribution in [3.63, 3.8) is 0 Å². The van der Waals surface area contributed by atoms with Gasteiger partial charge in [0.15, 0.2) is 0 Å². The minimum absolute atomic E-state index is 0.146. The minimum Gasteiger partial charge on any atom is -0.497 e. The van der Waals surface area contributed by atoms with E-state index in [-0.39, 0.29) is 17.5 Å². The molecule has 0 saturated carbocycles. The molecule has 1 aromatic heterocycles. The number of methoxy groups -OCH3 is 1. The summed E-state index contributed by atoms with van der Waals surface area (Å²) in [4.78, 5) is 12.0. The summed E-state index contributed by atoms with van der Waals surface area (Å²) < 4.78 is 18.1. The molecule has 26 heavy (non-hydrogen) atoms. The van der Waals surface area contributed by atoms with Crippen LogP contribution in [0.1, 0.15) is 0 Å². The molecule has 0 aliphatic carbocycles.